The predicted molar refractivity (Wildman–Crippen MR) is 55.6 cm³/mol. The number of hydrogen-bond acceptors (Lipinski definition) is 4. The van der Waals surface area contributed by atoms with Gasteiger partial charge in [0.25, 0.3) is 0 Å². The minimum Gasteiger partial charge on any atom is -0.476 e. The van der Waals surface area contributed by atoms with E-state index >= 15 is 0 Å². The van der Waals surface area contributed by atoms with Gasteiger partial charge in [-0.05, 0) is 26.0 Å². The second kappa shape index (κ2) is 3.73. The van der Waals surface area contributed by atoms with Crippen LogP contribution in [-0.4, -0.2) is 31.1 Å². The number of carbonyl (C=O) groups is 1. The summed E-state index contributed by atoms with van der Waals surface area (Å²) in [6, 6.07) is 3.37. The van der Waals surface area contributed by atoms with E-state index in [9.17, 15) is 4.79 Å². The Balaban J connectivity index is 2.60. The zero-order valence-electron chi connectivity index (χ0n) is 8.88. The van der Waals surface area contributed by atoms with E-state index in [1.165, 1.54) is 4.80 Å². The van der Waals surface area contributed by atoms with Crippen LogP contribution >= 0.6 is 0 Å². The molecule has 0 saturated carbocycles. The van der Waals surface area contributed by atoms with Gasteiger partial charge in [0.15, 0.2) is 5.69 Å². The topological polar surface area (TPSA) is 80.9 Å². The van der Waals surface area contributed by atoms with Crippen LogP contribution in [0.1, 0.15) is 21.9 Å². The molecule has 2 rings (SSSR count). The molecule has 0 aliphatic rings. The maximum Gasteiger partial charge on any atom is 0.356 e. The van der Waals surface area contributed by atoms with Gasteiger partial charge < -0.3 is 5.11 Å². The molecule has 6 heteroatoms. The van der Waals surface area contributed by atoms with E-state index in [0.717, 1.165) is 5.69 Å². The molecular formula is C10H10N4O2. The highest BCUT2D eigenvalue weighted by Gasteiger charge is 2.15. The molecule has 0 aliphatic carbocycles. The number of hydrogen-bond donors (Lipinski definition) is 1. The van der Waals surface area contributed by atoms with Gasteiger partial charge in [0, 0.05) is 5.69 Å². The third-order valence-electron chi connectivity index (χ3n) is 2.04. The Morgan fingerprint density at radius 1 is 1.31 bits per heavy atom. The first-order valence-corrected chi connectivity index (χ1v) is 4.68. The fourth-order valence-corrected chi connectivity index (χ4v) is 1.32. The first-order valence-electron chi connectivity index (χ1n) is 4.68. The lowest BCUT2D eigenvalue weighted by molar-refractivity contribution is 0.0690. The smallest absolute Gasteiger partial charge is 0.356 e. The average molecular weight is 218 g/mol. The molecule has 0 unspecified atom stereocenters. The van der Waals surface area contributed by atoms with Gasteiger partial charge in [0.1, 0.15) is 5.69 Å². The zero-order valence-corrected chi connectivity index (χ0v) is 8.88. The van der Waals surface area contributed by atoms with Crippen molar-refractivity contribution >= 4 is 5.97 Å². The molecule has 0 bridgehead atoms. The summed E-state index contributed by atoms with van der Waals surface area (Å²) in [6.07, 6.45) is 1.56. The van der Waals surface area contributed by atoms with Crippen molar-refractivity contribution in [2.24, 2.45) is 0 Å². The molecule has 0 radical (unpaired) electrons. The van der Waals surface area contributed by atoms with E-state index < -0.39 is 5.97 Å². The van der Waals surface area contributed by atoms with Gasteiger partial charge in [-0.15, -0.1) is 4.80 Å². The Labute approximate surface area is 91.6 Å². The molecule has 6 nitrogen and oxygen atoms in total. The summed E-state index contributed by atoms with van der Waals surface area (Å²) in [5.41, 5.74) is 1.68. The van der Waals surface area contributed by atoms with Gasteiger partial charge in [-0.1, -0.05) is 0 Å². The number of aromatic carboxylic acids is 1. The van der Waals surface area contributed by atoms with Crippen LogP contribution in [0.5, 0.6) is 0 Å². The Morgan fingerprint density at radius 2 is 2.06 bits per heavy atom. The number of pyridine rings is 1. The van der Waals surface area contributed by atoms with Crippen LogP contribution in [0.4, 0.5) is 0 Å². The molecule has 0 saturated heterocycles. The standard InChI is InChI=1S/C10H10N4O2/c1-6-3-4-8(9(12-6)10(15)16)14-11-5-7(2)13-14/h3-5H,1-2H3,(H,15,16). The van der Waals surface area contributed by atoms with E-state index in [1.54, 1.807) is 32.2 Å². The maximum absolute atomic E-state index is 11.0. The minimum absolute atomic E-state index is 0.0457. The normalized spacial score (nSPS) is 10.4. The van der Waals surface area contributed by atoms with Crippen molar-refractivity contribution in [3.05, 3.63) is 35.4 Å². The molecule has 0 spiro atoms. The summed E-state index contributed by atoms with van der Waals surface area (Å²) in [4.78, 5) is 16.2. The molecule has 0 amide bonds. The molecule has 16 heavy (non-hydrogen) atoms. The van der Waals surface area contributed by atoms with Gasteiger partial charge in [0.2, 0.25) is 0 Å². The van der Waals surface area contributed by atoms with Crippen LogP contribution in [0.15, 0.2) is 18.3 Å². The van der Waals surface area contributed by atoms with Crippen LogP contribution in [0.2, 0.25) is 0 Å². The number of aromatic nitrogens is 4. The lowest BCUT2D eigenvalue weighted by atomic mass is 10.2. The highest BCUT2D eigenvalue weighted by molar-refractivity contribution is 5.89. The van der Waals surface area contributed by atoms with Crippen molar-refractivity contribution in [1.82, 2.24) is 20.0 Å². The van der Waals surface area contributed by atoms with Crippen molar-refractivity contribution in [1.29, 1.82) is 0 Å². The van der Waals surface area contributed by atoms with Gasteiger partial charge in [-0.2, -0.15) is 10.2 Å². The van der Waals surface area contributed by atoms with E-state index in [-0.39, 0.29) is 5.69 Å². The van der Waals surface area contributed by atoms with Crippen LogP contribution in [0.25, 0.3) is 5.69 Å². The minimum atomic E-state index is -1.09. The number of rotatable bonds is 2. The molecule has 2 heterocycles. The number of carboxylic acids is 1. The number of nitrogens with zero attached hydrogens (tertiary/aromatic N) is 4. The third-order valence-corrected chi connectivity index (χ3v) is 2.04. The highest BCUT2D eigenvalue weighted by atomic mass is 16.4. The average Bonchev–Trinajstić information content (AvgIpc) is 2.64. The largest absolute Gasteiger partial charge is 0.476 e. The van der Waals surface area contributed by atoms with Crippen molar-refractivity contribution < 1.29 is 9.90 Å². The lowest BCUT2D eigenvalue weighted by Crippen LogP contribution is -2.11. The molecule has 0 fully saturated rings. The zero-order chi connectivity index (χ0) is 11.7. The highest BCUT2D eigenvalue weighted by Crippen LogP contribution is 2.11. The molecular weight excluding hydrogens is 208 g/mol. The van der Waals surface area contributed by atoms with Crippen molar-refractivity contribution in [3.63, 3.8) is 0 Å². The Kier molecular flexibility index (Phi) is 2.40. The summed E-state index contributed by atoms with van der Waals surface area (Å²) in [6.45, 7) is 3.52. The molecule has 2 aromatic rings. The Bertz CT molecular complexity index is 548. The van der Waals surface area contributed by atoms with E-state index in [4.69, 9.17) is 5.11 Å². The summed E-state index contributed by atoms with van der Waals surface area (Å²) >= 11 is 0. The van der Waals surface area contributed by atoms with Crippen LogP contribution < -0.4 is 0 Å². The maximum atomic E-state index is 11.0. The fourth-order valence-electron chi connectivity index (χ4n) is 1.32. The fraction of sp³-hybridized carbons (Fsp3) is 0.200. The first kappa shape index (κ1) is 10.3. The second-order valence-corrected chi connectivity index (χ2v) is 3.40. The summed E-state index contributed by atoms with van der Waals surface area (Å²) in [7, 11) is 0. The van der Waals surface area contributed by atoms with E-state index in [2.05, 4.69) is 15.2 Å². The molecule has 0 aromatic carbocycles. The summed E-state index contributed by atoms with van der Waals surface area (Å²) in [5.74, 6) is -1.09. The third kappa shape index (κ3) is 1.77. The van der Waals surface area contributed by atoms with Crippen LogP contribution in [0.3, 0.4) is 0 Å². The van der Waals surface area contributed by atoms with Gasteiger partial charge in [-0.3, -0.25) is 0 Å². The Hall–Kier alpha value is -2.24. The van der Waals surface area contributed by atoms with E-state index in [0.29, 0.717) is 11.4 Å². The SMILES string of the molecule is Cc1ccc(-n2ncc(C)n2)c(C(=O)O)n1. The molecule has 0 aliphatic heterocycles. The molecule has 1 N–H and O–H groups in total. The quantitative estimate of drug-likeness (QED) is 0.812. The second-order valence-electron chi connectivity index (χ2n) is 3.40. The lowest BCUT2D eigenvalue weighted by Gasteiger charge is -2.04. The van der Waals surface area contributed by atoms with Crippen LogP contribution in [0, 0.1) is 13.8 Å². The monoisotopic (exact) mass is 218 g/mol. The van der Waals surface area contributed by atoms with E-state index in [1.807, 2.05) is 0 Å². The van der Waals surface area contributed by atoms with Crippen molar-refractivity contribution in [2.45, 2.75) is 13.8 Å². The number of carboxylic acid groups (broad SMARTS) is 1. The van der Waals surface area contributed by atoms with Crippen molar-refractivity contribution in [3.8, 4) is 5.69 Å². The van der Waals surface area contributed by atoms with Gasteiger partial charge >= 0.3 is 5.97 Å². The predicted octanol–water partition coefficient (Wildman–Crippen LogP) is 0.977. The summed E-state index contributed by atoms with van der Waals surface area (Å²) < 4.78 is 0. The molecule has 82 valence electrons. The number of aryl methyl sites for hydroxylation is 2. The van der Waals surface area contributed by atoms with Crippen LogP contribution in [-0.2, 0) is 0 Å². The van der Waals surface area contributed by atoms with Gasteiger partial charge in [-0.25, -0.2) is 9.78 Å². The first-order chi connectivity index (χ1) is 7.58. The Morgan fingerprint density at radius 3 is 2.62 bits per heavy atom. The summed E-state index contributed by atoms with van der Waals surface area (Å²) in [5, 5.41) is 17.0. The molecule has 0 atom stereocenters. The molecule has 2 aromatic heterocycles. The van der Waals surface area contributed by atoms with Gasteiger partial charge in [0.05, 0.1) is 11.9 Å². The van der Waals surface area contributed by atoms with Crippen molar-refractivity contribution in [2.75, 3.05) is 0 Å².